The van der Waals surface area contributed by atoms with E-state index >= 15 is 0 Å². The maximum absolute atomic E-state index is 12.7. The summed E-state index contributed by atoms with van der Waals surface area (Å²) in [6.07, 6.45) is 0.769. The average Bonchev–Trinajstić information content (AvgIpc) is 2.80. The number of rotatable bonds is 7. The van der Waals surface area contributed by atoms with Crippen molar-refractivity contribution in [3.8, 4) is 5.75 Å². The highest BCUT2D eigenvalue weighted by molar-refractivity contribution is 5.95. The van der Waals surface area contributed by atoms with Crippen LogP contribution in [-0.2, 0) is 11.2 Å². The lowest BCUT2D eigenvalue weighted by molar-refractivity contribution is -0.118. The van der Waals surface area contributed by atoms with Crippen LogP contribution in [0.5, 0.6) is 5.75 Å². The lowest BCUT2D eigenvalue weighted by atomic mass is 10.0. The van der Waals surface area contributed by atoms with Crippen LogP contribution in [0.25, 0.3) is 0 Å². The first-order chi connectivity index (χ1) is 15.2. The number of benzene rings is 3. The number of likely N-dealkylation sites (N-methyl/N-ethyl adjacent to an activating group) is 1. The van der Waals surface area contributed by atoms with E-state index in [0.717, 1.165) is 55.3 Å². The normalized spacial score (nSPS) is 14.3. The summed E-state index contributed by atoms with van der Waals surface area (Å²) in [7, 11) is 2.14. The van der Waals surface area contributed by atoms with Gasteiger partial charge in [-0.15, -0.1) is 0 Å². The Morgan fingerprint density at radius 2 is 1.55 bits per heavy atom. The van der Waals surface area contributed by atoms with E-state index in [-0.39, 0.29) is 12.5 Å². The number of piperazine rings is 1. The van der Waals surface area contributed by atoms with Gasteiger partial charge in [0.05, 0.1) is 11.4 Å². The summed E-state index contributed by atoms with van der Waals surface area (Å²) in [4.78, 5) is 17.3. The van der Waals surface area contributed by atoms with Crippen molar-refractivity contribution in [2.45, 2.75) is 6.42 Å². The first kappa shape index (κ1) is 20.9. The van der Waals surface area contributed by atoms with Gasteiger partial charge in [0, 0.05) is 32.6 Å². The van der Waals surface area contributed by atoms with E-state index in [1.807, 2.05) is 60.7 Å². The summed E-state index contributed by atoms with van der Waals surface area (Å²) in [5, 5.41) is 3.04. The van der Waals surface area contributed by atoms with Gasteiger partial charge < -0.3 is 19.9 Å². The maximum Gasteiger partial charge on any atom is 0.262 e. The van der Waals surface area contributed by atoms with E-state index < -0.39 is 0 Å². The summed E-state index contributed by atoms with van der Waals surface area (Å²) in [5.41, 5.74) is 4.18. The van der Waals surface area contributed by atoms with Crippen LogP contribution in [-0.4, -0.2) is 50.6 Å². The van der Waals surface area contributed by atoms with Crippen molar-refractivity contribution >= 4 is 17.3 Å². The molecule has 1 fully saturated rings. The molecule has 160 valence electrons. The maximum atomic E-state index is 12.7. The minimum absolute atomic E-state index is 0.0249. The molecule has 4 rings (SSSR count). The lowest BCUT2D eigenvalue weighted by Crippen LogP contribution is -2.44. The van der Waals surface area contributed by atoms with Gasteiger partial charge >= 0.3 is 0 Å². The van der Waals surface area contributed by atoms with E-state index in [9.17, 15) is 4.79 Å². The summed E-state index contributed by atoms with van der Waals surface area (Å²) < 4.78 is 5.91. The molecule has 1 aliphatic heterocycles. The van der Waals surface area contributed by atoms with Gasteiger partial charge in [-0.05, 0) is 36.4 Å². The predicted octanol–water partition coefficient (Wildman–Crippen LogP) is 4.05. The van der Waals surface area contributed by atoms with Crippen LogP contribution in [0.2, 0.25) is 0 Å². The SMILES string of the molecule is CN1CCN(c2ccccc2NC(=O)COc2ccccc2Cc2ccccc2)CC1. The van der Waals surface area contributed by atoms with Crippen molar-refractivity contribution in [1.82, 2.24) is 4.90 Å². The van der Waals surface area contributed by atoms with Gasteiger partial charge in [-0.3, -0.25) is 4.79 Å². The first-order valence-corrected chi connectivity index (χ1v) is 10.8. The van der Waals surface area contributed by atoms with Gasteiger partial charge in [-0.2, -0.15) is 0 Å². The predicted molar refractivity (Wildman–Crippen MR) is 126 cm³/mol. The highest BCUT2D eigenvalue weighted by Gasteiger charge is 2.18. The number of nitrogens with one attached hydrogen (secondary N) is 1. The number of para-hydroxylation sites is 3. The van der Waals surface area contributed by atoms with Gasteiger partial charge in [-0.1, -0.05) is 60.7 Å². The Morgan fingerprint density at radius 3 is 2.35 bits per heavy atom. The van der Waals surface area contributed by atoms with E-state index in [0.29, 0.717) is 0 Å². The minimum Gasteiger partial charge on any atom is -0.483 e. The first-order valence-electron chi connectivity index (χ1n) is 10.8. The van der Waals surface area contributed by atoms with Gasteiger partial charge in [0.25, 0.3) is 5.91 Å². The van der Waals surface area contributed by atoms with E-state index in [2.05, 4.69) is 40.4 Å². The molecule has 0 aliphatic carbocycles. The topological polar surface area (TPSA) is 44.8 Å². The lowest BCUT2D eigenvalue weighted by Gasteiger charge is -2.35. The monoisotopic (exact) mass is 415 g/mol. The van der Waals surface area contributed by atoms with Gasteiger partial charge in [0.15, 0.2) is 6.61 Å². The second kappa shape index (κ2) is 10.1. The van der Waals surface area contributed by atoms with Crippen molar-refractivity contribution in [2.24, 2.45) is 0 Å². The number of ether oxygens (including phenoxy) is 1. The zero-order chi connectivity index (χ0) is 21.5. The third-order valence-electron chi connectivity index (χ3n) is 5.59. The smallest absolute Gasteiger partial charge is 0.262 e. The molecule has 0 atom stereocenters. The molecule has 31 heavy (non-hydrogen) atoms. The Balaban J connectivity index is 1.39. The zero-order valence-electron chi connectivity index (χ0n) is 18.0. The van der Waals surface area contributed by atoms with Crippen LogP contribution in [0.15, 0.2) is 78.9 Å². The Labute approximate surface area is 184 Å². The van der Waals surface area contributed by atoms with Crippen molar-refractivity contribution in [3.05, 3.63) is 90.0 Å². The fourth-order valence-corrected chi connectivity index (χ4v) is 3.84. The fraction of sp³-hybridized carbons (Fsp3) is 0.269. The molecule has 0 bridgehead atoms. The van der Waals surface area contributed by atoms with E-state index in [4.69, 9.17) is 4.74 Å². The second-order valence-electron chi connectivity index (χ2n) is 7.91. The van der Waals surface area contributed by atoms with Gasteiger partial charge in [0.1, 0.15) is 5.75 Å². The van der Waals surface area contributed by atoms with Crippen LogP contribution in [0.4, 0.5) is 11.4 Å². The van der Waals surface area contributed by atoms with Crippen LogP contribution in [0, 0.1) is 0 Å². The number of amides is 1. The highest BCUT2D eigenvalue weighted by atomic mass is 16.5. The standard InChI is InChI=1S/C26H29N3O2/c1-28-15-17-29(18-16-28)24-13-7-6-12-23(24)27-26(30)20-31-25-14-8-5-11-22(25)19-21-9-3-2-4-10-21/h2-14H,15-20H2,1H3,(H,27,30). The molecule has 1 saturated heterocycles. The Kier molecular flexibility index (Phi) is 6.85. The van der Waals surface area contributed by atoms with Crippen LogP contribution >= 0.6 is 0 Å². The van der Waals surface area contributed by atoms with Crippen LogP contribution in [0.1, 0.15) is 11.1 Å². The second-order valence-corrected chi connectivity index (χ2v) is 7.91. The Bertz CT molecular complexity index is 998. The summed E-state index contributed by atoms with van der Waals surface area (Å²) in [5.74, 6) is 0.588. The molecule has 3 aromatic rings. The molecule has 5 nitrogen and oxygen atoms in total. The molecular formula is C26H29N3O2. The molecule has 1 amide bonds. The van der Waals surface area contributed by atoms with Crippen LogP contribution < -0.4 is 15.0 Å². The van der Waals surface area contributed by atoms with E-state index in [1.54, 1.807) is 0 Å². The molecule has 0 unspecified atom stereocenters. The molecule has 0 aromatic heterocycles. The largest absolute Gasteiger partial charge is 0.483 e. The van der Waals surface area contributed by atoms with Gasteiger partial charge in [0.2, 0.25) is 0 Å². The van der Waals surface area contributed by atoms with Crippen LogP contribution in [0.3, 0.4) is 0 Å². The number of hydrogen-bond donors (Lipinski definition) is 1. The minimum atomic E-state index is -0.156. The number of anilines is 2. The molecule has 1 heterocycles. The van der Waals surface area contributed by atoms with Gasteiger partial charge in [-0.25, -0.2) is 0 Å². The van der Waals surface area contributed by atoms with Crippen molar-refractivity contribution in [2.75, 3.05) is 50.1 Å². The summed E-state index contributed by atoms with van der Waals surface area (Å²) >= 11 is 0. The molecule has 1 aliphatic rings. The number of nitrogens with zero attached hydrogens (tertiary/aromatic N) is 2. The Morgan fingerprint density at radius 1 is 0.871 bits per heavy atom. The number of hydrogen-bond acceptors (Lipinski definition) is 4. The summed E-state index contributed by atoms with van der Waals surface area (Å²) in [6.45, 7) is 3.91. The number of carbonyl (C=O) groups excluding carboxylic acids is 1. The average molecular weight is 416 g/mol. The van der Waals surface area contributed by atoms with Crippen molar-refractivity contribution in [1.29, 1.82) is 0 Å². The molecule has 0 radical (unpaired) electrons. The molecule has 5 heteroatoms. The number of carbonyl (C=O) groups is 1. The third kappa shape index (κ3) is 5.64. The highest BCUT2D eigenvalue weighted by Crippen LogP contribution is 2.27. The molecule has 0 saturated carbocycles. The van der Waals surface area contributed by atoms with Crippen molar-refractivity contribution in [3.63, 3.8) is 0 Å². The molecule has 0 spiro atoms. The molecular weight excluding hydrogens is 386 g/mol. The van der Waals surface area contributed by atoms with Crippen molar-refractivity contribution < 1.29 is 9.53 Å². The Hall–Kier alpha value is -3.31. The molecule has 1 N–H and O–H groups in total. The third-order valence-corrected chi connectivity index (χ3v) is 5.59. The fourth-order valence-electron chi connectivity index (χ4n) is 3.84. The summed E-state index contributed by atoms with van der Waals surface area (Å²) in [6, 6.07) is 26.1. The van der Waals surface area contributed by atoms with E-state index in [1.165, 1.54) is 5.56 Å². The zero-order valence-corrected chi connectivity index (χ0v) is 18.0. The quantitative estimate of drug-likeness (QED) is 0.632. The molecule has 3 aromatic carbocycles.